The van der Waals surface area contributed by atoms with Crippen molar-refractivity contribution < 1.29 is 19.1 Å². The van der Waals surface area contributed by atoms with Crippen molar-refractivity contribution in [1.82, 2.24) is 5.32 Å². The number of anilines is 2. The van der Waals surface area contributed by atoms with Gasteiger partial charge in [0, 0.05) is 30.2 Å². The molecule has 0 saturated carbocycles. The molecule has 1 heterocycles. The molecule has 164 valence electrons. The first-order valence-corrected chi connectivity index (χ1v) is 10.7. The Morgan fingerprint density at radius 2 is 1.90 bits per heavy atom. The lowest BCUT2D eigenvalue weighted by Crippen LogP contribution is -2.33. The van der Waals surface area contributed by atoms with Gasteiger partial charge in [0.05, 0.1) is 16.6 Å². The lowest BCUT2D eigenvalue weighted by Gasteiger charge is -2.17. The Balaban J connectivity index is 1.52. The van der Waals surface area contributed by atoms with Crippen LogP contribution in [0.2, 0.25) is 10.0 Å². The highest BCUT2D eigenvalue weighted by molar-refractivity contribution is 6.36. The van der Waals surface area contributed by atoms with Gasteiger partial charge in [-0.25, -0.2) is 0 Å². The fraction of sp³-hybridized carbons (Fsp3) is 0.318. The molecule has 1 atom stereocenters. The molecule has 1 aliphatic rings. The van der Waals surface area contributed by atoms with Gasteiger partial charge in [0.2, 0.25) is 11.8 Å². The van der Waals surface area contributed by atoms with E-state index in [4.69, 9.17) is 27.9 Å². The zero-order chi connectivity index (χ0) is 22.4. The Morgan fingerprint density at radius 3 is 2.58 bits per heavy atom. The second-order valence-corrected chi connectivity index (χ2v) is 7.99. The third-order valence-corrected chi connectivity index (χ3v) is 5.32. The largest absolute Gasteiger partial charge is 0.484 e. The Labute approximate surface area is 190 Å². The lowest BCUT2D eigenvalue weighted by molar-refractivity contribution is -0.126. The molecule has 1 saturated heterocycles. The summed E-state index contributed by atoms with van der Waals surface area (Å²) < 4.78 is 5.50. The highest BCUT2D eigenvalue weighted by Gasteiger charge is 2.34. The average molecular weight is 464 g/mol. The first kappa shape index (κ1) is 22.9. The third-order valence-electron chi connectivity index (χ3n) is 4.77. The van der Waals surface area contributed by atoms with Gasteiger partial charge in [0.1, 0.15) is 5.75 Å². The van der Waals surface area contributed by atoms with E-state index in [0.29, 0.717) is 40.3 Å². The van der Waals surface area contributed by atoms with Gasteiger partial charge in [-0.05, 0) is 48.9 Å². The highest BCUT2D eigenvalue weighted by Crippen LogP contribution is 2.27. The van der Waals surface area contributed by atoms with Crippen LogP contribution in [0.15, 0.2) is 42.5 Å². The van der Waals surface area contributed by atoms with Crippen LogP contribution in [0.3, 0.4) is 0 Å². The fourth-order valence-electron chi connectivity index (χ4n) is 3.17. The molecule has 0 radical (unpaired) electrons. The van der Waals surface area contributed by atoms with Crippen LogP contribution >= 0.6 is 23.2 Å². The molecule has 0 unspecified atom stereocenters. The summed E-state index contributed by atoms with van der Waals surface area (Å²) in [6.45, 7) is 2.72. The molecule has 31 heavy (non-hydrogen) atoms. The number of hydrogen-bond donors (Lipinski definition) is 2. The maximum absolute atomic E-state index is 12.3. The van der Waals surface area contributed by atoms with Gasteiger partial charge in [-0.1, -0.05) is 30.1 Å². The van der Waals surface area contributed by atoms with Crippen LogP contribution in [0.5, 0.6) is 5.75 Å². The van der Waals surface area contributed by atoms with Crippen LogP contribution in [-0.4, -0.2) is 37.4 Å². The van der Waals surface area contributed by atoms with E-state index in [-0.39, 0.29) is 36.7 Å². The van der Waals surface area contributed by atoms with Gasteiger partial charge in [-0.2, -0.15) is 0 Å². The molecule has 0 aromatic heterocycles. The summed E-state index contributed by atoms with van der Waals surface area (Å²) in [6, 6.07) is 11.6. The Bertz CT molecular complexity index is 966. The second-order valence-electron chi connectivity index (χ2n) is 7.15. The van der Waals surface area contributed by atoms with Crippen LogP contribution < -0.4 is 20.3 Å². The van der Waals surface area contributed by atoms with E-state index in [2.05, 4.69) is 10.6 Å². The van der Waals surface area contributed by atoms with E-state index in [1.54, 1.807) is 41.3 Å². The molecule has 2 aromatic rings. The van der Waals surface area contributed by atoms with Crippen molar-refractivity contribution >= 4 is 52.3 Å². The summed E-state index contributed by atoms with van der Waals surface area (Å²) in [6.07, 6.45) is 1.05. The average Bonchev–Trinajstić information content (AvgIpc) is 3.14. The Kier molecular flexibility index (Phi) is 7.76. The molecule has 3 rings (SSSR count). The first-order valence-electron chi connectivity index (χ1n) is 9.93. The van der Waals surface area contributed by atoms with Crippen LogP contribution in [-0.2, 0) is 14.4 Å². The SMILES string of the molecule is CCCNC(=O)[C@H]1CC(=O)N(c2ccc(OCC(=O)Nc3ccc(Cl)cc3Cl)cc2)C1. The van der Waals surface area contributed by atoms with Crippen LogP contribution in [0, 0.1) is 5.92 Å². The summed E-state index contributed by atoms with van der Waals surface area (Å²) in [5.41, 5.74) is 1.13. The monoisotopic (exact) mass is 463 g/mol. The standard InChI is InChI=1S/C22H23Cl2N3O4/c1-2-9-25-22(30)14-10-21(29)27(12-14)16-4-6-17(7-5-16)31-13-20(28)26-19-8-3-15(23)11-18(19)24/h3-8,11,14H,2,9-10,12-13H2,1H3,(H,25,30)(H,26,28)/t14-/m0/s1. The van der Waals surface area contributed by atoms with E-state index in [1.807, 2.05) is 6.92 Å². The van der Waals surface area contributed by atoms with E-state index < -0.39 is 0 Å². The normalized spacial score (nSPS) is 15.6. The van der Waals surface area contributed by atoms with Crippen molar-refractivity contribution in [1.29, 1.82) is 0 Å². The topological polar surface area (TPSA) is 87.7 Å². The molecule has 0 aliphatic carbocycles. The number of rotatable bonds is 8. The maximum Gasteiger partial charge on any atom is 0.262 e. The van der Waals surface area contributed by atoms with Crippen molar-refractivity contribution in [3.05, 3.63) is 52.5 Å². The Hall–Kier alpha value is -2.77. The molecule has 0 bridgehead atoms. The van der Waals surface area contributed by atoms with E-state index in [0.717, 1.165) is 6.42 Å². The Morgan fingerprint density at radius 1 is 1.16 bits per heavy atom. The molecule has 3 amide bonds. The summed E-state index contributed by atoms with van der Waals surface area (Å²) in [5, 5.41) is 6.30. The number of carbonyl (C=O) groups excluding carboxylic acids is 3. The molecule has 7 nitrogen and oxygen atoms in total. The van der Waals surface area contributed by atoms with Crippen molar-refractivity contribution in [2.45, 2.75) is 19.8 Å². The van der Waals surface area contributed by atoms with Crippen LogP contribution in [0.1, 0.15) is 19.8 Å². The van der Waals surface area contributed by atoms with Gasteiger partial charge in [-0.15, -0.1) is 0 Å². The highest BCUT2D eigenvalue weighted by atomic mass is 35.5. The molecular weight excluding hydrogens is 441 g/mol. The number of halogens is 2. The minimum Gasteiger partial charge on any atom is -0.484 e. The van der Waals surface area contributed by atoms with Gasteiger partial charge >= 0.3 is 0 Å². The molecular formula is C22H23Cl2N3O4. The number of nitrogens with zero attached hydrogens (tertiary/aromatic N) is 1. The van der Waals surface area contributed by atoms with E-state index in [1.165, 1.54) is 6.07 Å². The van der Waals surface area contributed by atoms with Gasteiger partial charge in [0.15, 0.2) is 6.61 Å². The summed E-state index contributed by atoms with van der Waals surface area (Å²) in [5.74, 6) is -0.429. The third kappa shape index (κ3) is 6.12. The molecule has 0 spiro atoms. The minimum atomic E-state index is -0.371. The quantitative estimate of drug-likeness (QED) is 0.621. The summed E-state index contributed by atoms with van der Waals surface area (Å²) in [4.78, 5) is 38.2. The van der Waals surface area contributed by atoms with Gasteiger partial charge in [0.25, 0.3) is 5.91 Å². The molecule has 2 N–H and O–H groups in total. The smallest absolute Gasteiger partial charge is 0.262 e. The van der Waals surface area contributed by atoms with Crippen molar-refractivity contribution in [2.24, 2.45) is 5.92 Å². The predicted molar refractivity (Wildman–Crippen MR) is 121 cm³/mol. The zero-order valence-electron chi connectivity index (χ0n) is 17.0. The molecule has 1 aliphatic heterocycles. The number of carbonyl (C=O) groups is 3. The minimum absolute atomic E-state index is 0.0930. The van der Waals surface area contributed by atoms with Crippen molar-refractivity contribution in [3.63, 3.8) is 0 Å². The first-order chi connectivity index (χ1) is 14.9. The molecule has 1 fully saturated rings. The number of hydrogen-bond acceptors (Lipinski definition) is 4. The summed E-state index contributed by atoms with van der Waals surface area (Å²) in [7, 11) is 0. The van der Waals surface area contributed by atoms with E-state index in [9.17, 15) is 14.4 Å². The van der Waals surface area contributed by atoms with E-state index >= 15 is 0 Å². The summed E-state index contributed by atoms with van der Waals surface area (Å²) >= 11 is 11.9. The maximum atomic E-state index is 12.3. The zero-order valence-corrected chi connectivity index (χ0v) is 18.5. The number of amides is 3. The fourth-order valence-corrected chi connectivity index (χ4v) is 3.63. The second kappa shape index (κ2) is 10.5. The van der Waals surface area contributed by atoms with Gasteiger partial charge < -0.3 is 20.3 Å². The van der Waals surface area contributed by atoms with Crippen molar-refractivity contribution in [3.8, 4) is 5.75 Å². The lowest BCUT2D eigenvalue weighted by atomic mass is 10.1. The number of ether oxygens (including phenoxy) is 1. The number of benzene rings is 2. The van der Waals surface area contributed by atoms with Gasteiger partial charge in [-0.3, -0.25) is 14.4 Å². The van der Waals surface area contributed by atoms with Crippen LogP contribution in [0.25, 0.3) is 0 Å². The van der Waals surface area contributed by atoms with Crippen LogP contribution in [0.4, 0.5) is 11.4 Å². The number of nitrogens with one attached hydrogen (secondary N) is 2. The van der Waals surface area contributed by atoms with Crippen molar-refractivity contribution in [2.75, 3.05) is 29.9 Å². The molecule has 2 aromatic carbocycles. The molecule has 9 heteroatoms. The predicted octanol–water partition coefficient (Wildman–Crippen LogP) is 3.89.